The first-order chi connectivity index (χ1) is 7.18. The van der Waals surface area contributed by atoms with Crippen molar-refractivity contribution >= 4 is 12.6 Å². The van der Waals surface area contributed by atoms with Crippen molar-refractivity contribution in [2.24, 2.45) is 5.41 Å². The van der Waals surface area contributed by atoms with Crippen LogP contribution in [0.5, 0.6) is 0 Å². The molecular weight excluding hydrogens is 200 g/mol. The smallest absolute Gasteiger partial charge is 0.00977 e. The average molecular weight is 230 g/mol. The van der Waals surface area contributed by atoms with Crippen LogP contribution in [0.25, 0.3) is 0 Å². The molecule has 0 aromatic carbocycles. The lowest BCUT2D eigenvalue weighted by atomic mass is 9.76. The lowest BCUT2D eigenvalue weighted by molar-refractivity contribution is 0.232. The normalized spacial score (nSPS) is 15.2. The molecule has 0 aromatic heterocycles. The van der Waals surface area contributed by atoms with Gasteiger partial charge >= 0.3 is 0 Å². The van der Waals surface area contributed by atoms with E-state index >= 15 is 0 Å². The molecule has 0 aliphatic carbocycles. The van der Waals surface area contributed by atoms with E-state index in [1.54, 1.807) is 0 Å². The summed E-state index contributed by atoms with van der Waals surface area (Å²) in [4.78, 5) is 0. The summed E-state index contributed by atoms with van der Waals surface area (Å²) in [6, 6.07) is 0. The van der Waals surface area contributed by atoms with Crippen LogP contribution in [0.4, 0.5) is 0 Å². The van der Waals surface area contributed by atoms with E-state index in [4.69, 9.17) is 0 Å². The monoisotopic (exact) mass is 230 g/mol. The molecule has 0 fully saturated rings. The highest BCUT2D eigenvalue weighted by Crippen LogP contribution is 2.35. The highest BCUT2D eigenvalue weighted by atomic mass is 32.1. The molecular formula is C14H30S. The van der Waals surface area contributed by atoms with E-state index < -0.39 is 0 Å². The third kappa shape index (κ3) is 8.19. The lowest BCUT2D eigenvalue weighted by Crippen LogP contribution is -2.16. The average Bonchev–Trinajstić information content (AvgIpc) is 2.24. The first kappa shape index (κ1) is 15.3. The van der Waals surface area contributed by atoms with Crippen molar-refractivity contribution in [3.63, 3.8) is 0 Å². The van der Waals surface area contributed by atoms with Gasteiger partial charge in [0.2, 0.25) is 0 Å². The SMILES string of the molecule is CCCCCC(C)(CCCC)CCCS. The summed E-state index contributed by atoms with van der Waals surface area (Å²) in [5.74, 6) is 1.05. The van der Waals surface area contributed by atoms with Gasteiger partial charge in [-0.25, -0.2) is 0 Å². The number of thiol groups is 1. The van der Waals surface area contributed by atoms with Crippen LogP contribution in [0, 0.1) is 5.41 Å². The van der Waals surface area contributed by atoms with Crippen molar-refractivity contribution in [3.05, 3.63) is 0 Å². The molecule has 1 unspecified atom stereocenters. The number of rotatable bonds is 10. The van der Waals surface area contributed by atoms with Gasteiger partial charge in [-0.05, 0) is 36.9 Å². The summed E-state index contributed by atoms with van der Waals surface area (Å²) in [6.45, 7) is 7.07. The topological polar surface area (TPSA) is 0 Å². The van der Waals surface area contributed by atoms with Gasteiger partial charge in [0.15, 0.2) is 0 Å². The molecule has 0 nitrogen and oxygen atoms in total. The van der Waals surface area contributed by atoms with Crippen molar-refractivity contribution in [1.29, 1.82) is 0 Å². The van der Waals surface area contributed by atoms with Crippen LogP contribution in [-0.4, -0.2) is 5.75 Å². The van der Waals surface area contributed by atoms with Crippen LogP contribution in [0.1, 0.15) is 78.6 Å². The molecule has 0 bridgehead atoms. The summed E-state index contributed by atoms with van der Waals surface area (Å²) in [5, 5.41) is 0. The Morgan fingerprint density at radius 1 is 0.800 bits per heavy atom. The maximum Gasteiger partial charge on any atom is -0.00977 e. The predicted octanol–water partition coefficient (Wildman–Crippen LogP) is 5.47. The van der Waals surface area contributed by atoms with Crippen molar-refractivity contribution in [2.75, 3.05) is 5.75 Å². The van der Waals surface area contributed by atoms with Gasteiger partial charge in [-0.1, -0.05) is 52.9 Å². The molecule has 0 aromatic rings. The fourth-order valence-corrected chi connectivity index (χ4v) is 2.44. The molecule has 0 rings (SSSR count). The molecule has 1 atom stereocenters. The van der Waals surface area contributed by atoms with E-state index in [1.807, 2.05) is 0 Å². The van der Waals surface area contributed by atoms with Gasteiger partial charge in [0.25, 0.3) is 0 Å². The molecule has 0 heterocycles. The van der Waals surface area contributed by atoms with Crippen LogP contribution in [0.15, 0.2) is 0 Å². The Hall–Kier alpha value is 0.350. The standard InChI is InChI=1S/C14H30S/c1-4-6-8-11-14(3,10-7-5-2)12-9-13-15/h15H,4-13H2,1-3H3. The van der Waals surface area contributed by atoms with Gasteiger partial charge in [0, 0.05) is 0 Å². The summed E-state index contributed by atoms with van der Waals surface area (Å²) in [5.41, 5.74) is 0.605. The zero-order chi connectivity index (χ0) is 11.6. The summed E-state index contributed by atoms with van der Waals surface area (Å²) >= 11 is 4.33. The van der Waals surface area contributed by atoms with Gasteiger partial charge in [-0.15, -0.1) is 0 Å². The fourth-order valence-electron chi connectivity index (χ4n) is 2.29. The Balaban J connectivity index is 3.89. The minimum absolute atomic E-state index is 0.605. The number of hydrogen-bond acceptors (Lipinski definition) is 1. The molecule has 0 radical (unpaired) electrons. The van der Waals surface area contributed by atoms with Crippen LogP contribution in [0.3, 0.4) is 0 Å². The zero-order valence-electron chi connectivity index (χ0n) is 11.0. The Kier molecular flexibility index (Phi) is 9.79. The molecule has 0 spiro atoms. The van der Waals surface area contributed by atoms with Crippen LogP contribution in [-0.2, 0) is 0 Å². The molecule has 0 N–H and O–H groups in total. The minimum atomic E-state index is 0.605. The second-order valence-corrected chi connectivity index (χ2v) is 5.65. The summed E-state index contributed by atoms with van der Waals surface area (Å²) in [7, 11) is 0. The van der Waals surface area contributed by atoms with Crippen molar-refractivity contribution in [2.45, 2.75) is 78.6 Å². The Morgan fingerprint density at radius 2 is 1.33 bits per heavy atom. The third-order valence-electron chi connectivity index (χ3n) is 3.46. The molecule has 1 heteroatoms. The molecule has 0 aliphatic rings. The maximum absolute atomic E-state index is 4.33. The number of hydrogen-bond donors (Lipinski definition) is 1. The number of unbranched alkanes of at least 4 members (excludes halogenated alkanes) is 3. The largest absolute Gasteiger partial charge is 0.179 e. The van der Waals surface area contributed by atoms with Crippen LogP contribution in [0.2, 0.25) is 0 Å². The van der Waals surface area contributed by atoms with Crippen molar-refractivity contribution in [3.8, 4) is 0 Å². The quantitative estimate of drug-likeness (QED) is 0.373. The maximum atomic E-state index is 4.33. The third-order valence-corrected chi connectivity index (χ3v) is 3.77. The molecule has 0 amide bonds. The van der Waals surface area contributed by atoms with E-state index in [0.717, 1.165) is 5.75 Å². The van der Waals surface area contributed by atoms with Crippen molar-refractivity contribution in [1.82, 2.24) is 0 Å². The van der Waals surface area contributed by atoms with E-state index in [0.29, 0.717) is 5.41 Å². The molecule has 0 aliphatic heterocycles. The van der Waals surface area contributed by atoms with E-state index in [1.165, 1.54) is 57.8 Å². The Morgan fingerprint density at radius 3 is 1.87 bits per heavy atom. The lowest BCUT2D eigenvalue weighted by Gasteiger charge is -2.29. The summed E-state index contributed by atoms with van der Waals surface area (Å²) in [6.07, 6.45) is 12.4. The second kappa shape index (κ2) is 9.57. The minimum Gasteiger partial charge on any atom is -0.179 e. The molecule has 0 saturated carbocycles. The first-order valence-corrected chi connectivity index (χ1v) is 7.42. The first-order valence-electron chi connectivity index (χ1n) is 6.79. The van der Waals surface area contributed by atoms with Gasteiger partial charge in [0.05, 0.1) is 0 Å². The highest BCUT2D eigenvalue weighted by molar-refractivity contribution is 7.80. The van der Waals surface area contributed by atoms with Gasteiger partial charge < -0.3 is 0 Å². The fraction of sp³-hybridized carbons (Fsp3) is 1.00. The Bertz CT molecular complexity index is 123. The predicted molar refractivity (Wildman–Crippen MR) is 74.9 cm³/mol. The Labute approximate surface area is 103 Å². The van der Waals surface area contributed by atoms with E-state index in [9.17, 15) is 0 Å². The van der Waals surface area contributed by atoms with E-state index in [-0.39, 0.29) is 0 Å². The van der Waals surface area contributed by atoms with Gasteiger partial charge in [0.1, 0.15) is 0 Å². The van der Waals surface area contributed by atoms with Gasteiger partial charge in [-0.2, -0.15) is 12.6 Å². The van der Waals surface area contributed by atoms with Crippen molar-refractivity contribution < 1.29 is 0 Å². The van der Waals surface area contributed by atoms with Crippen LogP contribution >= 0.6 is 12.6 Å². The molecule has 0 saturated heterocycles. The summed E-state index contributed by atoms with van der Waals surface area (Å²) < 4.78 is 0. The second-order valence-electron chi connectivity index (χ2n) is 5.20. The molecule has 92 valence electrons. The van der Waals surface area contributed by atoms with Crippen LogP contribution < -0.4 is 0 Å². The molecule has 15 heavy (non-hydrogen) atoms. The van der Waals surface area contributed by atoms with Gasteiger partial charge in [-0.3, -0.25) is 0 Å². The zero-order valence-corrected chi connectivity index (χ0v) is 11.9. The van der Waals surface area contributed by atoms with E-state index in [2.05, 4.69) is 33.4 Å². The highest BCUT2D eigenvalue weighted by Gasteiger charge is 2.22.